The van der Waals surface area contributed by atoms with E-state index < -0.39 is 0 Å². The van der Waals surface area contributed by atoms with Crippen molar-refractivity contribution in [3.63, 3.8) is 0 Å². The molecule has 0 unspecified atom stereocenters. The second-order valence-electron chi connectivity index (χ2n) is 6.14. The van der Waals surface area contributed by atoms with Gasteiger partial charge in [0.05, 0.1) is 0 Å². The molecular weight excluding hydrogens is 276 g/mol. The Morgan fingerprint density at radius 3 is 2.64 bits per heavy atom. The van der Waals surface area contributed by atoms with E-state index in [1.165, 1.54) is 19.3 Å². The van der Waals surface area contributed by atoms with E-state index in [0.29, 0.717) is 5.41 Å². The van der Waals surface area contributed by atoms with Crippen molar-refractivity contribution in [2.45, 2.75) is 39.2 Å². The lowest BCUT2D eigenvalue weighted by molar-refractivity contribution is 0.0778. The third kappa shape index (κ3) is 5.05. The topological polar surface area (TPSA) is 50.6 Å². The van der Waals surface area contributed by atoms with Crippen LogP contribution in [0.3, 0.4) is 0 Å². The molecule has 0 amide bonds. The van der Waals surface area contributed by atoms with Gasteiger partial charge < -0.3 is 19.9 Å². The number of methoxy groups -OCH3 is 1. The zero-order valence-corrected chi connectivity index (χ0v) is 14.0. The van der Waals surface area contributed by atoms with E-state index in [2.05, 4.69) is 46.7 Å². The van der Waals surface area contributed by atoms with E-state index in [4.69, 9.17) is 9.73 Å². The Labute approximate surface area is 134 Å². The highest BCUT2D eigenvalue weighted by molar-refractivity contribution is 5.79. The molecule has 124 valence electrons. The van der Waals surface area contributed by atoms with Gasteiger partial charge in [0.2, 0.25) is 0 Å². The smallest absolute Gasteiger partial charge is 0.191 e. The first-order valence-corrected chi connectivity index (χ1v) is 8.40. The van der Waals surface area contributed by atoms with Gasteiger partial charge in [0, 0.05) is 52.3 Å². The molecule has 2 rings (SSSR count). The van der Waals surface area contributed by atoms with E-state index >= 15 is 0 Å². The molecular formula is C17H30N4O. The molecule has 1 saturated carbocycles. The highest BCUT2D eigenvalue weighted by Crippen LogP contribution is 2.44. The van der Waals surface area contributed by atoms with Crippen LogP contribution in [0.1, 0.15) is 32.6 Å². The zero-order chi connectivity index (χ0) is 15.7. The van der Waals surface area contributed by atoms with Crippen LogP contribution in [0.2, 0.25) is 0 Å². The predicted octanol–water partition coefficient (Wildman–Crippen LogP) is 2.25. The molecule has 5 heteroatoms. The Morgan fingerprint density at radius 1 is 1.27 bits per heavy atom. The lowest BCUT2D eigenvalue weighted by Gasteiger charge is -2.40. The Kier molecular flexibility index (Phi) is 6.77. The van der Waals surface area contributed by atoms with Crippen molar-refractivity contribution in [2.75, 3.05) is 33.4 Å². The normalized spacial score (nSPS) is 17.1. The fourth-order valence-electron chi connectivity index (χ4n) is 2.89. The van der Waals surface area contributed by atoms with Crippen molar-refractivity contribution in [2.24, 2.45) is 10.4 Å². The quantitative estimate of drug-likeness (QED) is 0.543. The second kappa shape index (κ2) is 8.83. The molecule has 0 radical (unpaired) electrons. The summed E-state index contributed by atoms with van der Waals surface area (Å²) >= 11 is 0. The maximum atomic E-state index is 5.25. The molecule has 0 spiro atoms. The third-order valence-electron chi connectivity index (χ3n) is 4.50. The number of rotatable bonds is 9. The van der Waals surface area contributed by atoms with Gasteiger partial charge in [-0.25, -0.2) is 0 Å². The van der Waals surface area contributed by atoms with Crippen LogP contribution in [-0.2, 0) is 11.3 Å². The van der Waals surface area contributed by atoms with Gasteiger partial charge in [-0.05, 0) is 43.7 Å². The molecule has 1 aromatic heterocycles. The lowest BCUT2D eigenvalue weighted by atomic mass is 9.67. The van der Waals surface area contributed by atoms with Crippen molar-refractivity contribution >= 4 is 5.96 Å². The Balaban J connectivity index is 1.80. The van der Waals surface area contributed by atoms with Crippen molar-refractivity contribution in [3.8, 4) is 0 Å². The van der Waals surface area contributed by atoms with Gasteiger partial charge in [-0.1, -0.05) is 6.42 Å². The summed E-state index contributed by atoms with van der Waals surface area (Å²) in [5.74, 6) is 0.929. The van der Waals surface area contributed by atoms with Gasteiger partial charge in [0.1, 0.15) is 0 Å². The predicted molar refractivity (Wildman–Crippen MR) is 91.2 cm³/mol. The molecule has 0 saturated heterocycles. The molecule has 0 aliphatic heterocycles. The summed E-state index contributed by atoms with van der Waals surface area (Å²) in [6, 6.07) is 4.10. The number of aromatic nitrogens is 1. The maximum absolute atomic E-state index is 5.25. The molecule has 5 nitrogen and oxygen atoms in total. The Hall–Kier alpha value is -1.49. The minimum atomic E-state index is 0.374. The SMILES string of the molecule is CCNC(=NCC1(CCOC)CCC1)NCCn1cccc1. The molecule has 2 N–H and O–H groups in total. The highest BCUT2D eigenvalue weighted by atomic mass is 16.5. The van der Waals surface area contributed by atoms with E-state index in [1.807, 2.05) is 0 Å². The number of nitrogens with zero attached hydrogens (tertiary/aromatic N) is 2. The fraction of sp³-hybridized carbons (Fsp3) is 0.706. The Morgan fingerprint density at radius 2 is 2.05 bits per heavy atom. The first-order chi connectivity index (χ1) is 10.8. The van der Waals surface area contributed by atoms with Crippen molar-refractivity contribution in [3.05, 3.63) is 24.5 Å². The van der Waals surface area contributed by atoms with Gasteiger partial charge >= 0.3 is 0 Å². The summed E-state index contributed by atoms with van der Waals surface area (Å²) in [6.07, 6.45) is 9.18. The van der Waals surface area contributed by atoms with Crippen LogP contribution in [0.15, 0.2) is 29.5 Å². The summed E-state index contributed by atoms with van der Waals surface area (Å²) in [5, 5.41) is 6.76. The monoisotopic (exact) mass is 306 g/mol. The molecule has 0 aromatic carbocycles. The van der Waals surface area contributed by atoms with E-state index in [-0.39, 0.29) is 0 Å². The zero-order valence-electron chi connectivity index (χ0n) is 14.0. The van der Waals surface area contributed by atoms with Gasteiger partial charge in [-0.15, -0.1) is 0 Å². The van der Waals surface area contributed by atoms with Crippen LogP contribution in [-0.4, -0.2) is 43.9 Å². The van der Waals surface area contributed by atoms with Crippen LogP contribution in [0.25, 0.3) is 0 Å². The van der Waals surface area contributed by atoms with Crippen molar-refractivity contribution in [1.29, 1.82) is 0 Å². The number of hydrogen-bond donors (Lipinski definition) is 2. The molecule has 1 aromatic rings. The largest absolute Gasteiger partial charge is 0.385 e. The van der Waals surface area contributed by atoms with E-state index in [0.717, 1.165) is 45.2 Å². The Bertz CT molecular complexity index is 438. The average molecular weight is 306 g/mol. The summed E-state index contributed by atoms with van der Waals surface area (Å²) < 4.78 is 7.42. The molecule has 0 bridgehead atoms. The second-order valence-corrected chi connectivity index (χ2v) is 6.14. The third-order valence-corrected chi connectivity index (χ3v) is 4.50. The van der Waals surface area contributed by atoms with Crippen molar-refractivity contribution < 1.29 is 4.74 Å². The molecule has 1 fully saturated rings. The number of aliphatic imine (C=N–C) groups is 1. The summed E-state index contributed by atoms with van der Waals surface area (Å²) in [5.41, 5.74) is 0.374. The van der Waals surface area contributed by atoms with Crippen LogP contribution in [0.5, 0.6) is 0 Å². The van der Waals surface area contributed by atoms with Gasteiger partial charge in [-0.3, -0.25) is 4.99 Å². The maximum Gasteiger partial charge on any atom is 0.191 e. The molecule has 22 heavy (non-hydrogen) atoms. The first-order valence-electron chi connectivity index (χ1n) is 8.40. The summed E-state index contributed by atoms with van der Waals surface area (Å²) in [7, 11) is 1.78. The lowest BCUT2D eigenvalue weighted by Crippen LogP contribution is -2.41. The number of nitrogens with one attached hydrogen (secondary N) is 2. The number of ether oxygens (including phenoxy) is 1. The fourth-order valence-corrected chi connectivity index (χ4v) is 2.89. The first kappa shape index (κ1) is 16.9. The van der Waals surface area contributed by atoms with Crippen LogP contribution in [0.4, 0.5) is 0 Å². The summed E-state index contributed by atoms with van der Waals surface area (Å²) in [6.45, 7) is 6.56. The molecule has 1 aliphatic rings. The minimum absolute atomic E-state index is 0.374. The van der Waals surface area contributed by atoms with Crippen molar-refractivity contribution in [1.82, 2.24) is 15.2 Å². The van der Waals surface area contributed by atoms with E-state index in [9.17, 15) is 0 Å². The van der Waals surface area contributed by atoms with Gasteiger partial charge in [0.25, 0.3) is 0 Å². The van der Waals surface area contributed by atoms with Crippen LogP contribution >= 0.6 is 0 Å². The van der Waals surface area contributed by atoms with Crippen LogP contribution < -0.4 is 10.6 Å². The number of hydrogen-bond acceptors (Lipinski definition) is 2. The number of guanidine groups is 1. The van der Waals surface area contributed by atoms with Crippen LogP contribution in [0, 0.1) is 5.41 Å². The minimum Gasteiger partial charge on any atom is -0.385 e. The molecule has 0 atom stereocenters. The van der Waals surface area contributed by atoms with E-state index in [1.54, 1.807) is 7.11 Å². The molecule has 1 aliphatic carbocycles. The van der Waals surface area contributed by atoms with Gasteiger partial charge in [-0.2, -0.15) is 0 Å². The highest BCUT2D eigenvalue weighted by Gasteiger charge is 2.36. The summed E-state index contributed by atoms with van der Waals surface area (Å²) in [4.78, 5) is 4.81. The standard InChI is InChI=1S/C17H30N4O/c1-3-18-16(19-10-13-21-11-4-5-12-21)20-15-17(7-6-8-17)9-14-22-2/h4-5,11-12H,3,6-10,13-15H2,1-2H3,(H2,18,19,20). The van der Waals surface area contributed by atoms with Gasteiger partial charge in [0.15, 0.2) is 5.96 Å². The molecule has 1 heterocycles. The average Bonchev–Trinajstić information content (AvgIpc) is 2.99.